The van der Waals surface area contributed by atoms with Crippen molar-refractivity contribution in [2.45, 2.75) is 61.9 Å². The molecule has 1 aliphatic heterocycles. The number of imide groups is 1. The zero-order valence-corrected chi connectivity index (χ0v) is 21.1. The average molecular weight is 530 g/mol. The first-order valence-corrected chi connectivity index (χ1v) is 11.6. The molecule has 3 amide bonds. The number of benzene rings is 1. The number of carbonyl (C=O) groups is 3. The topological polar surface area (TPSA) is 79.8 Å². The quantitative estimate of drug-likeness (QED) is 0.362. The molecular weight excluding hydrogens is 507 g/mol. The number of hydrogen-bond donors (Lipinski definition) is 0. The normalized spacial score (nSPS) is 17.2. The summed E-state index contributed by atoms with van der Waals surface area (Å²) in [6.45, 7) is 9.04. The Morgan fingerprint density at radius 1 is 1.06 bits per heavy atom. The number of nitrogens with zero attached hydrogens (tertiary/aromatic N) is 3. The van der Waals surface area contributed by atoms with Gasteiger partial charge in [-0.25, -0.2) is 14.5 Å². The van der Waals surface area contributed by atoms with Crippen molar-refractivity contribution in [3.05, 3.63) is 53.3 Å². The summed E-state index contributed by atoms with van der Waals surface area (Å²) < 4.78 is 38.8. The third kappa shape index (κ3) is 5.56. The van der Waals surface area contributed by atoms with Crippen LogP contribution in [-0.4, -0.2) is 44.9 Å². The maximum atomic E-state index is 13.5. The van der Waals surface area contributed by atoms with Gasteiger partial charge in [0.2, 0.25) is 0 Å². The number of aromatic nitrogens is 1. The lowest BCUT2D eigenvalue weighted by Gasteiger charge is -2.33. The number of hydrogen-bond acceptors (Lipinski definition) is 6. The van der Waals surface area contributed by atoms with Crippen LogP contribution in [0.1, 0.15) is 40.2 Å². The van der Waals surface area contributed by atoms with Gasteiger partial charge < -0.3 is 4.84 Å². The number of anilines is 1. The largest absolute Gasteiger partial charge is 0.493 e. The van der Waals surface area contributed by atoms with Gasteiger partial charge in [-0.2, -0.15) is 13.2 Å². The maximum absolute atomic E-state index is 13.5. The van der Waals surface area contributed by atoms with E-state index < -0.39 is 35.5 Å². The van der Waals surface area contributed by atoms with Gasteiger partial charge in [0.25, 0.3) is 5.91 Å². The summed E-state index contributed by atoms with van der Waals surface area (Å²) in [6, 6.07) is 4.72. The SMILES string of the molecule is CC(C)(C)Sc1ccc(N2C(=O)C(C(C)(C)c3ccncc3)N(OC(=O)C(F)(F)F)C2=O)cc1Cl. The van der Waals surface area contributed by atoms with Crippen molar-refractivity contribution in [3.63, 3.8) is 0 Å². The van der Waals surface area contributed by atoms with Crippen molar-refractivity contribution in [1.82, 2.24) is 10.0 Å². The van der Waals surface area contributed by atoms with Gasteiger partial charge in [0.15, 0.2) is 6.04 Å². The second-order valence-electron chi connectivity index (χ2n) is 9.35. The molecular formula is C23H23ClF3N3O4S. The summed E-state index contributed by atoms with van der Waals surface area (Å²) >= 11 is 7.85. The van der Waals surface area contributed by atoms with Crippen molar-refractivity contribution in [3.8, 4) is 0 Å². The molecule has 188 valence electrons. The minimum atomic E-state index is -5.38. The van der Waals surface area contributed by atoms with E-state index in [1.165, 1.54) is 36.3 Å². The van der Waals surface area contributed by atoms with Crippen LogP contribution in [0.3, 0.4) is 0 Å². The van der Waals surface area contributed by atoms with Gasteiger partial charge in [-0.3, -0.25) is 9.78 Å². The predicted octanol–water partition coefficient (Wildman–Crippen LogP) is 5.76. The molecule has 1 saturated heterocycles. The Bertz CT molecular complexity index is 1150. The smallest absolute Gasteiger partial charge is 0.327 e. The summed E-state index contributed by atoms with van der Waals surface area (Å²) in [6.07, 6.45) is -2.50. The molecule has 0 aliphatic carbocycles. The Morgan fingerprint density at radius 2 is 1.66 bits per heavy atom. The molecule has 1 fully saturated rings. The number of halogens is 4. The predicted molar refractivity (Wildman–Crippen MR) is 125 cm³/mol. The average Bonchev–Trinajstić information content (AvgIpc) is 2.98. The van der Waals surface area contributed by atoms with Crippen LogP contribution in [0.4, 0.5) is 23.7 Å². The van der Waals surface area contributed by atoms with E-state index in [1.807, 2.05) is 20.8 Å². The highest BCUT2D eigenvalue weighted by Gasteiger charge is 2.57. The first-order chi connectivity index (χ1) is 16.0. The number of urea groups is 1. The van der Waals surface area contributed by atoms with Crippen LogP contribution in [0.2, 0.25) is 5.02 Å². The number of rotatable bonds is 5. The monoisotopic (exact) mass is 529 g/mol. The van der Waals surface area contributed by atoms with Crippen LogP contribution in [-0.2, 0) is 19.8 Å². The van der Waals surface area contributed by atoms with Gasteiger partial charge in [-0.05, 0) is 35.9 Å². The van der Waals surface area contributed by atoms with Crippen molar-refractivity contribution >= 4 is 47.0 Å². The van der Waals surface area contributed by atoms with Crippen LogP contribution >= 0.6 is 23.4 Å². The van der Waals surface area contributed by atoms with Gasteiger partial charge in [0.1, 0.15) is 0 Å². The second-order valence-corrected chi connectivity index (χ2v) is 11.6. The molecule has 7 nitrogen and oxygen atoms in total. The molecule has 0 bridgehead atoms. The zero-order chi connectivity index (χ0) is 26.3. The first-order valence-electron chi connectivity index (χ1n) is 10.4. The number of amides is 3. The van der Waals surface area contributed by atoms with Crippen LogP contribution in [0, 0.1) is 0 Å². The molecule has 3 rings (SSSR count). The van der Waals surface area contributed by atoms with E-state index in [2.05, 4.69) is 9.82 Å². The highest BCUT2D eigenvalue weighted by atomic mass is 35.5. The molecule has 2 heterocycles. The fraction of sp³-hybridized carbons (Fsp3) is 0.391. The lowest BCUT2D eigenvalue weighted by Crippen LogP contribution is -2.50. The summed E-state index contributed by atoms with van der Waals surface area (Å²) in [7, 11) is 0. The standard InChI is InChI=1S/C23H23ClF3N3O4S/c1-21(2,3)35-16-7-6-14(12-15(16)24)29-18(31)17(22(4,5)13-8-10-28-11-9-13)30(20(29)33)34-19(32)23(25,26)27/h6-12,17H,1-5H3. The van der Waals surface area contributed by atoms with E-state index in [0.29, 0.717) is 15.4 Å². The van der Waals surface area contributed by atoms with Crippen molar-refractivity contribution in [2.24, 2.45) is 0 Å². The molecule has 0 spiro atoms. The summed E-state index contributed by atoms with van der Waals surface area (Å²) in [5, 5.41) is 0.434. The second kappa shape index (κ2) is 9.34. The van der Waals surface area contributed by atoms with Crippen LogP contribution in [0.25, 0.3) is 0 Å². The Hall–Kier alpha value is -2.79. The Kier molecular flexibility index (Phi) is 7.16. The van der Waals surface area contributed by atoms with Crippen LogP contribution < -0.4 is 4.90 Å². The van der Waals surface area contributed by atoms with Gasteiger partial charge >= 0.3 is 18.2 Å². The molecule has 0 N–H and O–H groups in total. The molecule has 1 aliphatic rings. The zero-order valence-electron chi connectivity index (χ0n) is 19.5. The number of carbonyl (C=O) groups excluding carboxylic acids is 3. The van der Waals surface area contributed by atoms with Gasteiger partial charge in [-0.15, -0.1) is 16.8 Å². The van der Waals surface area contributed by atoms with E-state index in [-0.39, 0.29) is 20.5 Å². The molecule has 1 aromatic carbocycles. The minimum Gasteiger partial charge on any atom is -0.327 e. The fourth-order valence-corrected chi connectivity index (χ4v) is 4.82. The molecule has 0 radical (unpaired) electrons. The lowest BCUT2D eigenvalue weighted by molar-refractivity contribution is -0.232. The third-order valence-corrected chi connectivity index (χ3v) is 6.79. The Morgan fingerprint density at radius 3 is 2.17 bits per heavy atom. The van der Waals surface area contributed by atoms with Gasteiger partial charge in [0.05, 0.1) is 10.7 Å². The highest BCUT2D eigenvalue weighted by Crippen LogP contribution is 2.41. The highest BCUT2D eigenvalue weighted by molar-refractivity contribution is 8.00. The molecule has 2 aromatic rings. The van der Waals surface area contributed by atoms with E-state index in [1.54, 1.807) is 32.0 Å². The fourth-order valence-electron chi connectivity index (χ4n) is 3.58. The molecule has 1 atom stereocenters. The van der Waals surface area contributed by atoms with E-state index in [9.17, 15) is 27.6 Å². The van der Waals surface area contributed by atoms with Crippen LogP contribution in [0.5, 0.6) is 0 Å². The number of pyridine rings is 1. The Labute approximate surface area is 209 Å². The third-order valence-electron chi connectivity index (χ3n) is 5.18. The van der Waals surface area contributed by atoms with Crippen LogP contribution in [0.15, 0.2) is 47.6 Å². The van der Waals surface area contributed by atoms with Crippen molar-refractivity contribution in [2.75, 3.05) is 4.90 Å². The summed E-state index contributed by atoms with van der Waals surface area (Å²) in [4.78, 5) is 48.1. The summed E-state index contributed by atoms with van der Waals surface area (Å²) in [5.74, 6) is -3.50. The van der Waals surface area contributed by atoms with Crippen molar-refractivity contribution < 1.29 is 32.4 Å². The molecule has 12 heteroatoms. The number of thioether (sulfide) groups is 1. The van der Waals surface area contributed by atoms with Crippen molar-refractivity contribution in [1.29, 1.82) is 0 Å². The molecule has 35 heavy (non-hydrogen) atoms. The van der Waals surface area contributed by atoms with E-state index in [4.69, 9.17) is 11.6 Å². The molecule has 0 saturated carbocycles. The van der Waals surface area contributed by atoms with Gasteiger partial charge in [-0.1, -0.05) is 46.2 Å². The molecule has 1 aromatic heterocycles. The summed E-state index contributed by atoms with van der Waals surface area (Å²) in [5.41, 5.74) is -0.741. The molecule has 1 unspecified atom stereocenters. The van der Waals surface area contributed by atoms with E-state index in [0.717, 1.165) is 0 Å². The number of alkyl halides is 3. The lowest BCUT2D eigenvalue weighted by atomic mass is 9.78. The number of hydroxylamine groups is 2. The maximum Gasteiger partial charge on any atom is 0.493 e. The first kappa shape index (κ1) is 26.8. The minimum absolute atomic E-state index is 0.0318. The van der Waals surface area contributed by atoms with Gasteiger partial charge in [0, 0.05) is 27.5 Å². The Balaban J connectivity index is 2.07. The van der Waals surface area contributed by atoms with E-state index >= 15 is 0 Å².